The monoisotopic (exact) mass is 597 g/mol. The molecule has 0 fully saturated rings. The highest BCUT2D eigenvalue weighted by Gasteiger charge is 2.33. The maximum absolute atomic E-state index is 14.0. The van der Waals surface area contributed by atoms with Gasteiger partial charge in [0.15, 0.2) is 11.5 Å². The maximum atomic E-state index is 14.0. The fourth-order valence-corrected chi connectivity index (χ4v) is 5.63. The van der Waals surface area contributed by atoms with E-state index in [1.165, 1.54) is 37.3 Å². The molecule has 0 aromatic heterocycles. The van der Waals surface area contributed by atoms with Crippen LogP contribution in [0, 0.1) is 0 Å². The number of hydrogen-bond donors (Lipinski definition) is 1. The first-order valence-corrected chi connectivity index (χ1v) is 15.0. The highest BCUT2D eigenvalue weighted by molar-refractivity contribution is 7.92. The summed E-state index contributed by atoms with van der Waals surface area (Å²) in [5.74, 6) is 0.362. The lowest BCUT2D eigenvalue weighted by Crippen LogP contribution is -2.52. The highest BCUT2D eigenvalue weighted by Crippen LogP contribution is 2.32. The van der Waals surface area contributed by atoms with Gasteiger partial charge in [-0.3, -0.25) is 13.9 Å². The van der Waals surface area contributed by atoms with Crippen LogP contribution in [-0.4, -0.2) is 65.1 Å². The molecule has 0 radical (unpaired) electrons. The Morgan fingerprint density at radius 1 is 0.857 bits per heavy atom. The summed E-state index contributed by atoms with van der Waals surface area (Å²) in [6.45, 7) is 5.00. The Bertz CT molecular complexity index is 1450. The molecule has 226 valence electrons. The zero-order chi connectivity index (χ0) is 30.9. The van der Waals surface area contributed by atoms with E-state index < -0.39 is 28.5 Å². The molecule has 42 heavy (non-hydrogen) atoms. The molecule has 0 aliphatic carbocycles. The number of nitrogens with zero attached hydrogens (tertiary/aromatic N) is 2. The number of para-hydroxylation sites is 1. The largest absolute Gasteiger partial charge is 0.497 e. The second kappa shape index (κ2) is 14.6. The number of benzene rings is 3. The first kappa shape index (κ1) is 32.3. The van der Waals surface area contributed by atoms with Crippen molar-refractivity contribution in [3.63, 3.8) is 0 Å². The van der Waals surface area contributed by atoms with Gasteiger partial charge in [-0.25, -0.2) is 8.42 Å². The van der Waals surface area contributed by atoms with Crippen LogP contribution >= 0.6 is 0 Å². The van der Waals surface area contributed by atoms with Crippen LogP contribution < -0.4 is 23.8 Å². The molecule has 11 heteroatoms. The third kappa shape index (κ3) is 7.73. The van der Waals surface area contributed by atoms with Crippen LogP contribution in [0.2, 0.25) is 0 Å². The van der Waals surface area contributed by atoms with Gasteiger partial charge < -0.3 is 24.4 Å². The molecule has 0 saturated heterocycles. The summed E-state index contributed by atoms with van der Waals surface area (Å²) in [7, 11) is 0.168. The summed E-state index contributed by atoms with van der Waals surface area (Å²) in [5.41, 5.74) is 1.04. The Hall–Kier alpha value is -4.25. The smallest absolute Gasteiger partial charge is 0.264 e. The minimum Gasteiger partial charge on any atom is -0.497 e. The molecule has 0 bridgehead atoms. The van der Waals surface area contributed by atoms with Gasteiger partial charge in [-0.15, -0.1) is 0 Å². The van der Waals surface area contributed by atoms with E-state index in [4.69, 9.17) is 14.2 Å². The van der Waals surface area contributed by atoms with Crippen molar-refractivity contribution in [1.82, 2.24) is 10.2 Å². The van der Waals surface area contributed by atoms with Crippen molar-refractivity contribution in [1.29, 1.82) is 0 Å². The van der Waals surface area contributed by atoms with Crippen molar-refractivity contribution >= 4 is 27.5 Å². The van der Waals surface area contributed by atoms with Crippen molar-refractivity contribution in [2.75, 3.05) is 32.2 Å². The summed E-state index contributed by atoms with van der Waals surface area (Å²) in [4.78, 5) is 28.5. The number of nitrogens with one attached hydrogen (secondary N) is 1. The van der Waals surface area contributed by atoms with Crippen molar-refractivity contribution < 1.29 is 32.2 Å². The summed E-state index contributed by atoms with van der Waals surface area (Å²) < 4.78 is 44.9. The average molecular weight is 598 g/mol. The highest BCUT2D eigenvalue weighted by atomic mass is 32.2. The van der Waals surface area contributed by atoms with Gasteiger partial charge in [-0.05, 0) is 62.2 Å². The number of sulfonamides is 1. The van der Waals surface area contributed by atoms with Gasteiger partial charge in [0.05, 0.1) is 31.9 Å². The topological polar surface area (TPSA) is 114 Å². The van der Waals surface area contributed by atoms with E-state index >= 15 is 0 Å². The molecule has 0 heterocycles. The van der Waals surface area contributed by atoms with Crippen LogP contribution in [-0.2, 0) is 26.2 Å². The first-order chi connectivity index (χ1) is 20.0. The van der Waals surface area contributed by atoms with Crippen LogP contribution in [0.3, 0.4) is 0 Å². The zero-order valence-corrected chi connectivity index (χ0v) is 25.7. The molecule has 3 aromatic carbocycles. The lowest BCUT2D eigenvalue weighted by molar-refractivity contribution is -0.139. The van der Waals surface area contributed by atoms with Crippen LogP contribution in [0.1, 0.15) is 32.8 Å². The fraction of sp³-hybridized carbons (Fsp3) is 0.355. The van der Waals surface area contributed by atoms with Crippen molar-refractivity contribution in [2.24, 2.45) is 0 Å². The zero-order valence-electron chi connectivity index (χ0n) is 24.9. The first-order valence-electron chi connectivity index (χ1n) is 13.6. The molecule has 0 aliphatic rings. The summed E-state index contributed by atoms with van der Waals surface area (Å²) in [5, 5.41) is 2.92. The Labute approximate surface area is 248 Å². The van der Waals surface area contributed by atoms with E-state index in [2.05, 4.69) is 5.32 Å². The number of rotatable bonds is 14. The molecule has 0 spiro atoms. The number of amides is 2. The lowest BCUT2D eigenvalue weighted by Gasteiger charge is -2.32. The van der Waals surface area contributed by atoms with Crippen LogP contribution in [0.5, 0.6) is 17.2 Å². The Morgan fingerprint density at radius 2 is 1.50 bits per heavy atom. The van der Waals surface area contributed by atoms with Crippen molar-refractivity contribution in [3.05, 3.63) is 78.4 Å². The standard InChI is InChI=1S/C31H39N3O7S/c1-7-22(2)32-31(36)23(3)33(20-24-13-15-26(39-4)16-14-24)30(35)21-34(25-11-9-8-10-12-25)42(37,38)27-17-18-28(40-5)29(19-27)41-6/h8-19,22-23H,7,20-21H2,1-6H3,(H,32,36)/t22-,23-/m0/s1. The molecule has 3 aromatic rings. The second-order valence-corrected chi connectivity index (χ2v) is 11.6. The van der Waals surface area contributed by atoms with Crippen molar-refractivity contribution in [3.8, 4) is 17.2 Å². The molecule has 2 atom stereocenters. The van der Waals surface area contributed by atoms with Gasteiger partial charge in [0, 0.05) is 18.7 Å². The summed E-state index contributed by atoms with van der Waals surface area (Å²) >= 11 is 0. The quantitative estimate of drug-likeness (QED) is 0.296. The van der Waals surface area contributed by atoms with E-state index in [0.29, 0.717) is 17.2 Å². The molecular weight excluding hydrogens is 558 g/mol. The molecule has 0 saturated carbocycles. The van der Waals surface area contributed by atoms with Gasteiger partial charge in [-0.1, -0.05) is 37.3 Å². The number of methoxy groups -OCH3 is 3. The molecule has 3 rings (SSSR count). The Kier molecular flexibility index (Phi) is 11.2. The van der Waals surface area contributed by atoms with Gasteiger partial charge in [0.2, 0.25) is 11.8 Å². The number of ether oxygens (including phenoxy) is 3. The molecule has 0 unspecified atom stereocenters. The third-order valence-electron chi connectivity index (χ3n) is 6.95. The van der Waals surface area contributed by atoms with E-state index in [1.54, 1.807) is 68.6 Å². The molecular formula is C31H39N3O7S. The van der Waals surface area contributed by atoms with Gasteiger partial charge in [0.1, 0.15) is 18.3 Å². The van der Waals surface area contributed by atoms with E-state index in [-0.39, 0.29) is 29.1 Å². The number of hydrogen-bond acceptors (Lipinski definition) is 7. The number of carbonyl (C=O) groups is 2. The van der Waals surface area contributed by atoms with E-state index in [0.717, 1.165) is 16.3 Å². The average Bonchev–Trinajstić information content (AvgIpc) is 3.01. The Balaban J connectivity index is 2.03. The molecule has 2 amide bonds. The predicted octanol–water partition coefficient (Wildman–Crippen LogP) is 4.24. The minimum absolute atomic E-state index is 0.0803. The van der Waals surface area contributed by atoms with E-state index in [9.17, 15) is 18.0 Å². The Morgan fingerprint density at radius 3 is 2.07 bits per heavy atom. The lowest BCUT2D eigenvalue weighted by atomic mass is 10.1. The maximum Gasteiger partial charge on any atom is 0.264 e. The fourth-order valence-electron chi connectivity index (χ4n) is 4.20. The van der Waals surface area contributed by atoms with Crippen LogP contribution in [0.25, 0.3) is 0 Å². The molecule has 10 nitrogen and oxygen atoms in total. The van der Waals surface area contributed by atoms with Crippen LogP contribution in [0.4, 0.5) is 5.69 Å². The second-order valence-electron chi connectivity index (χ2n) is 9.73. The predicted molar refractivity (Wildman–Crippen MR) is 161 cm³/mol. The minimum atomic E-state index is -4.26. The SMILES string of the molecule is CC[C@H](C)NC(=O)[C@H](C)N(Cc1ccc(OC)cc1)C(=O)CN(c1ccccc1)S(=O)(=O)c1ccc(OC)c(OC)c1. The third-order valence-corrected chi connectivity index (χ3v) is 8.72. The number of carbonyl (C=O) groups excluding carboxylic acids is 2. The van der Waals surface area contributed by atoms with Gasteiger partial charge >= 0.3 is 0 Å². The molecule has 0 aliphatic heterocycles. The number of anilines is 1. The normalized spacial score (nSPS) is 12.5. The van der Waals surface area contributed by atoms with Crippen LogP contribution in [0.15, 0.2) is 77.7 Å². The molecule has 1 N–H and O–H groups in total. The summed E-state index contributed by atoms with van der Waals surface area (Å²) in [6.07, 6.45) is 0.718. The van der Waals surface area contributed by atoms with Gasteiger partial charge in [-0.2, -0.15) is 0 Å². The van der Waals surface area contributed by atoms with E-state index in [1.807, 2.05) is 13.8 Å². The van der Waals surface area contributed by atoms with Crippen molar-refractivity contribution in [2.45, 2.75) is 50.7 Å². The van der Waals surface area contributed by atoms with Gasteiger partial charge in [0.25, 0.3) is 10.0 Å². The summed E-state index contributed by atoms with van der Waals surface area (Å²) in [6, 6.07) is 18.7.